The molecule has 0 aromatic carbocycles. The largest absolute Gasteiger partial charge is 0.295 e. The zero-order chi connectivity index (χ0) is 11.0. The van der Waals surface area contributed by atoms with Gasteiger partial charge in [-0.1, -0.05) is 11.6 Å². The molecule has 15 heavy (non-hydrogen) atoms. The molecular formula is C10H10Cl2N2O. The molecule has 0 spiro atoms. The van der Waals surface area contributed by atoms with Crippen LogP contribution in [0.1, 0.15) is 12.1 Å². The van der Waals surface area contributed by atoms with Gasteiger partial charge in [-0.05, 0) is 19.1 Å². The van der Waals surface area contributed by atoms with E-state index in [9.17, 15) is 4.79 Å². The van der Waals surface area contributed by atoms with Gasteiger partial charge in [0.1, 0.15) is 5.82 Å². The quantitative estimate of drug-likeness (QED) is 0.711. The molecule has 0 bridgehead atoms. The predicted octanol–water partition coefficient (Wildman–Crippen LogP) is 2.39. The number of carbonyl (C=O) groups is 1. The van der Waals surface area contributed by atoms with Gasteiger partial charge in [0.2, 0.25) is 5.91 Å². The third kappa shape index (κ3) is 2.08. The SMILES string of the molecule is Cc1nc(N2CC(Cl)CC2=O)ccc1Cl. The van der Waals surface area contributed by atoms with Crippen LogP contribution in [0.5, 0.6) is 0 Å². The minimum Gasteiger partial charge on any atom is -0.295 e. The van der Waals surface area contributed by atoms with Gasteiger partial charge in [-0.2, -0.15) is 0 Å². The molecule has 0 N–H and O–H groups in total. The number of halogens is 2. The minimum absolute atomic E-state index is 0.0178. The van der Waals surface area contributed by atoms with Crippen molar-refractivity contribution in [2.45, 2.75) is 18.7 Å². The van der Waals surface area contributed by atoms with Crippen molar-refractivity contribution in [3.63, 3.8) is 0 Å². The van der Waals surface area contributed by atoms with Crippen LogP contribution in [0.15, 0.2) is 12.1 Å². The van der Waals surface area contributed by atoms with Gasteiger partial charge in [0.05, 0.1) is 16.1 Å². The molecule has 2 rings (SSSR count). The molecular weight excluding hydrogens is 235 g/mol. The zero-order valence-corrected chi connectivity index (χ0v) is 9.72. The first kappa shape index (κ1) is 10.7. The van der Waals surface area contributed by atoms with E-state index in [2.05, 4.69) is 4.98 Å². The van der Waals surface area contributed by atoms with Gasteiger partial charge in [0.25, 0.3) is 0 Å². The molecule has 1 fully saturated rings. The standard InChI is InChI=1S/C10H10Cl2N2O/c1-6-8(12)2-3-9(13-6)14-5-7(11)4-10(14)15/h2-3,7H,4-5H2,1H3. The number of alkyl halides is 1. The summed E-state index contributed by atoms with van der Waals surface area (Å²) >= 11 is 11.8. The van der Waals surface area contributed by atoms with Crippen molar-refractivity contribution in [3.8, 4) is 0 Å². The lowest BCUT2D eigenvalue weighted by Gasteiger charge is -2.15. The third-order valence-electron chi connectivity index (χ3n) is 2.36. The first-order valence-corrected chi connectivity index (χ1v) is 5.47. The van der Waals surface area contributed by atoms with E-state index in [0.717, 1.165) is 5.69 Å². The maximum absolute atomic E-state index is 11.5. The van der Waals surface area contributed by atoms with Gasteiger partial charge in [-0.3, -0.25) is 9.69 Å². The summed E-state index contributed by atoms with van der Waals surface area (Å²) in [6.45, 7) is 2.33. The lowest BCUT2D eigenvalue weighted by Crippen LogP contribution is -2.25. The first-order valence-electron chi connectivity index (χ1n) is 4.65. The van der Waals surface area contributed by atoms with Crippen LogP contribution in [0, 0.1) is 6.92 Å². The Bertz CT molecular complexity index is 408. The Morgan fingerprint density at radius 1 is 1.53 bits per heavy atom. The van der Waals surface area contributed by atoms with E-state index in [1.54, 1.807) is 17.0 Å². The Hall–Kier alpha value is -0.800. The molecule has 1 saturated heterocycles. The number of anilines is 1. The van der Waals surface area contributed by atoms with Gasteiger partial charge < -0.3 is 0 Å². The number of hydrogen-bond donors (Lipinski definition) is 0. The average Bonchev–Trinajstić information content (AvgIpc) is 2.50. The average molecular weight is 245 g/mol. The van der Waals surface area contributed by atoms with Crippen LogP contribution >= 0.6 is 23.2 Å². The highest BCUT2D eigenvalue weighted by Crippen LogP contribution is 2.24. The molecule has 3 nitrogen and oxygen atoms in total. The van der Waals surface area contributed by atoms with E-state index in [4.69, 9.17) is 23.2 Å². The van der Waals surface area contributed by atoms with E-state index < -0.39 is 0 Å². The molecule has 0 aliphatic carbocycles. The zero-order valence-electron chi connectivity index (χ0n) is 8.20. The van der Waals surface area contributed by atoms with Crippen LogP contribution in [-0.4, -0.2) is 22.8 Å². The van der Waals surface area contributed by atoms with Crippen molar-refractivity contribution in [3.05, 3.63) is 22.8 Å². The molecule has 1 atom stereocenters. The van der Waals surface area contributed by atoms with Crippen molar-refractivity contribution < 1.29 is 4.79 Å². The smallest absolute Gasteiger partial charge is 0.229 e. The molecule has 1 aliphatic heterocycles. The summed E-state index contributed by atoms with van der Waals surface area (Å²) < 4.78 is 0. The molecule has 5 heteroatoms. The number of amides is 1. The molecule has 1 aromatic rings. The van der Waals surface area contributed by atoms with Crippen molar-refractivity contribution in [2.24, 2.45) is 0 Å². The van der Waals surface area contributed by atoms with Crippen molar-refractivity contribution in [1.29, 1.82) is 0 Å². The van der Waals surface area contributed by atoms with Gasteiger partial charge in [-0.25, -0.2) is 4.98 Å². The minimum atomic E-state index is -0.115. The van der Waals surface area contributed by atoms with Crippen molar-refractivity contribution >= 4 is 34.9 Å². The highest BCUT2D eigenvalue weighted by Gasteiger charge is 2.29. The monoisotopic (exact) mass is 244 g/mol. The fourth-order valence-electron chi connectivity index (χ4n) is 1.57. The summed E-state index contributed by atoms with van der Waals surface area (Å²) in [4.78, 5) is 17.4. The first-order chi connectivity index (χ1) is 7.08. The second-order valence-electron chi connectivity index (χ2n) is 3.54. The van der Waals surface area contributed by atoms with Crippen LogP contribution in [0.25, 0.3) is 0 Å². The number of nitrogens with zero attached hydrogens (tertiary/aromatic N) is 2. The van der Waals surface area contributed by atoms with E-state index >= 15 is 0 Å². The van der Waals surface area contributed by atoms with Gasteiger partial charge in [0.15, 0.2) is 0 Å². The summed E-state index contributed by atoms with van der Waals surface area (Å²) in [5, 5.41) is 0.489. The number of rotatable bonds is 1. The van der Waals surface area contributed by atoms with Gasteiger partial charge in [-0.15, -0.1) is 11.6 Å². The Labute approximate surface area is 98.0 Å². The lowest BCUT2D eigenvalue weighted by atomic mass is 10.3. The molecule has 2 heterocycles. The maximum Gasteiger partial charge on any atom is 0.229 e. The summed E-state index contributed by atoms with van der Waals surface area (Å²) in [5.41, 5.74) is 0.722. The lowest BCUT2D eigenvalue weighted by molar-refractivity contribution is -0.117. The van der Waals surface area contributed by atoms with E-state index in [1.807, 2.05) is 6.92 Å². The Morgan fingerprint density at radius 3 is 2.80 bits per heavy atom. The summed E-state index contributed by atoms with van der Waals surface area (Å²) in [6.07, 6.45) is 0.380. The van der Waals surface area contributed by atoms with Crippen LogP contribution in [-0.2, 0) is 4.79 Å². The second-order valence-corrected chi connectivity index (χ2v) is 4.57. The highest BCUT2D eigenvalue weighted by atomic mass is 35.5. The van der Waals surface area contributed by atoms with Crippen LogP contribution in [0.4, 0.5) is 5.82 Å². The molecule has 1 unspecified atom stereocenters. The number of hydrogen-bond acceptors (Lipinski definition) is 2. The number of aryl methyl sites for hydroxylation is 1. The second kappa shape index (κ2) is 3.99. The molecule has 80 valence electrons. The van der Waals surface area contributed by atoms with E-state index in [1.165, 1.54) is 0 Å². The topological polar surface area (TPSA) is 33.2 Å². The summed E-state index contributed by atoms with van der Waals surface area (Å²) in [6, 6.07) is 3.48. The summed E-state index contributed by atoms with van der Waals surface area (Å²) in [5.74, 6) is 0.647. The number of carbonyl (C=O) groups excluding carboxylic acids is 1. The fraction of sp³-hybridized carbons (Fsp3) is 0.400. The number of aromatic nitrogens is 1. The Morgan fingerprint density at radius 2 is 2.27 bits per heavy atom. The van der Waals surface area contributed by atoms with Crippen molar-refractivity contribution in [1.82, 2.24) is 4.98 Å². The van der Waals surface area contributed by atoms with E-state index in [0.29, 0.717) is 23.8 Å². The molecule has 1 aliphatic rings. The van der Waals surface area contributed by atoms with Crippen LogP contribution < -0.4 is 4.90 Å². The normalized spacial score (nSPS) is 21.1. The summed E-state index contributed by atoms with van der Waals surface area (Å²) in [7, 11) is 0. The Kier molecular flexibility index (Phi) is 2.85. The molecule has 0 radical (unpaired) electrons. The Balaban J connectivity index is 2.30. The molecule has 0 saturated carbocycles. The third-order valence-corrected chi connectivity index (χ3v) is 3.05. The van der Waals surface area contributed by atoms with Crippen LogP contribution in [0.3, 0.4) is 0 Å². The highest BCUT2D eigenvalue weighted by molar-refractivity contribution is 6.31. The van der Waals surface area contributed by atoms with Gasteiger partial charge in [0, 0.05) is 13.0 Å². The number of pyridine rings is 1. The predicted molar refractivity (Wildman–Crippen MR) is 60.6 cm³/mol. The molecule has 1 aromatic heterocycles. The van der Waals surface area contributed by atoms with Gasteiger partial charge >= 0.3 is 0 Å². The maximum atomic E-state index is 11.5. The fourth-order valence-corrected chi connectivity index (χ4v) is 1.94. The molecule has 1 amide bonds. The van der Waals surface area contributed by atoms with Crippen LogP contribution in [0.2, 0.25) is 5.02 Å². The van der Waals surface area contributed by atoms with E-state index in [-0.39, 0.29) is 11.3 Å². The van der Waals surface area contributed by atoms with Crippen molar-refractivity contribution in [2.75, 3.05) is 11.4 Å².